The van der Waals surface area contributed by atoms with E-state index in [1.807, 2.05) is 207 Å². The van der Waals surface area contributed by atoms with Crippen molar-refractivity contribution < 1.29 is 75.8 Å². The van der Waals surface area contributed by atoms with Crippen molar-refractivity contribution in [2.75, 3.05) is 20.8 Å². The Labute approximate surface area is 645 Å². The minimum absolute atomic E-state index is 0. The molecule has 5 atom stereocenters. The third-order valence-corrected chi connectivity index (χ3v) is 18.2. The molecular weight excluding hydrogens is 1430 g/mol. The van der Waals surface area contributed by atoms with Gasteiger partial charge in [0.2, 0.25) is 5.91 Å². The Morgan fingerprint density at radius 1 is 0.495 bits per heavy atom. The van der Waals surface area contributed by atoms with Gasteiger partial charge in [-0.15, -0.1) is 12.4 Å². The van der Waals surface area contributed by atoms with Gasteiger partial charge in [0, 0.05) is 123 Å². The fraction of sp³-hybridized carbons (Fsp3) is 0.289. The molecule has 0 aliphatic carbocycles. The quantitative estimate of drug-likeness (QED) is 0.0136. The average Bonchev–Trinajstić information content (AvgIpc) is 1.75. The topological polar surface area (TPSA) is 358 Å². The first-order valence-corrected chi connectivity index (χ1v) is 35.4. The van der Waals surface area contributed by atoms with Gasteiger partial charge in [0.05, 0.1) is 20.3 Å². The summed E-state index contributed by atoms with van der Waals surface area (Å²) in [4.78, 5) is 104. The predicted octanol–water partition coefficient (Wildman–Crippen LogP) is 9.67. The molecule has 5 heterocycles. The largest absolute Gasteiger partial charge is 1.00 e. The number of halogens is 2. The Morgan fingerprint density at radius 2 is 0.826 bits per heavy atom. The van der Waals surface area contributed by atoms with Crippen LogP contribution >= 0.6 is 12.4 Å². The number of para-hydroxylation sites is 5. The molecule has 0 spiro atoms. The van der Waals surface area contributed by atoms with Crippen LogP contribution in [0.15, 0.2) is 213 Å². The molecule has 0 saturated carbocycles. The summed E-state index contributed by atoms with van der Waals surface area (Å²) in [5.41, 5.74) is 15.3. The minimum Gasteiger partial charge on any atom is -1.00 e. The summed E-state index contributed by atoms with van der Waals surface area (Å²) < 4.78 is 20.3. The molecule has 0 radical (unpaired) electrons. The number of rotatable bonds is 26. The molecular formula is C83H98Cl2N11O13-. The summed E-state index contributed by atoms with van der Waals surface area (Å²) in [5.74, 6) is -2.67. The Hall–Kier alpha value is -11.3. The molecule has 0 fully saturated rings. The highest BCUT2D eigenvalue weighted by Crippen LogP contribution is 2.27. The fourth-order valence-corrected chi connectivity index (χ4v) is 12.6. The van der Waals surface area contributed by atoms with Crippen molar-refractivity contribution in [2.24, 2.45) is 0 Å². The van der Waals surface area contributed by atoms with Crippen LogP contribution in [-0.2, 0) is 88.2 Å². The summed E-state index contributed by atoms with van der Waals surface area (Å²) in [7, 11) is 2.67. The Morgan fingerprint density at radius 3 is 1.16 bits per heavy atom. The second-order valence-electron chi connectivity index (χ2n) is 26.5. The molecule has 0 bridgehead atoms. The molecule has 578 valence electrons. The third-order valence-electron chi connectivity index (χ3n) is 18.2. The van der Waals surface area contributed by atoms with Crippen LogP contribution in [-0.4, -0.2) is 139 Å². The number of nitrogens with one attached hydrogen (secondary N) is 9. The van der Waals surface area contributed by atoms with Gasteiger partial charge in [-0.3, -0.25) is 14.5 Å². The maximum absolute atomic E-state index is 13.8. The van der Waals surface area contributed by atoms with Gasteiger partial charge in [0.25, 0.3) is 0 Å². The Balaban J connectivity index is 0.000000233. The van der Waals surface area contributed by atoms with E-state index < -0.39 is 53.7 Å². The standard InChI is InChI=1S/C32H32N4O5.C19H18N2O4.C12H14N2O2.C12H13N2O2.C8H19N.2ClH/c1-32(30(38)40-2,17-23-19-34-27-15-9-7-13-25(23)27)36-29(37)28(16-22-18-33-26-14-8-6-12-24(22)26)35-31(39)41-20-21-10-4-3-5-11-21;22-18(23)17(10-14-11-20-16-9-5-4-8-15(14)16)21-19(24)25-12-13-6-2-1-3-7-13;1-16-12(15)10(13)6-8-7-14-11-5-3-2-4-9(8)11;1-8(15)12(14-16)6-9-7-13-11-5-3-2-4-10(9)11;1-6-9(7(2)3)8(4)5;;/h3-15,18-19,28,33-34H,16-17,20H2,1-2H3,(H,35,39)(H,36,37);1-9,11,17,20H,10,12H2,(H,21,24)(H,22,23);2-5,7,10,14H,6,13H2,1H3;2-5,7,12-14H,6H2,1H3;7-8H,6H2,1-5H3;2*1H/q;;;-1;;;/t28-,32-;17-;10-;12-;;;/m0001.../s1. The highest BCUT2D eigenvalue weighted by molar-refractivity contribution is 5.94. The highest BCUT2D eigenvalue weighted by Gasteiger charge is 2.39. The van der Waals surface area contributed by atoms with Crippen LogP contribution in [0.1, 0.15) is 87.4 Å². The molecule has 5 aromatic heterocycles. The van der Waals surface area contributed by atoms with Gasteiger partial charge in [-0.2, -0.15) is 0 Å². The lowest BCUT2D eigenvalue weighted by Gasteiger charge is -2.30. The second kappa shape index (κ2) is 42.9. The molecule has 0 unspecified atom stereocenters. The molecule has 26 heteroatoms. The normalized spacial score (nSPS) is 12.5. The number of aliphatic carboxylic acids is 1. The number of carbonyl (C=O) groups excluding carboxylic acids is 6. The molecule has 13 N–H and O–H groups in total. The van der Waals surface area contributed by atoms with Gasteiger partial charge in [-0.1, -0.05) is 159 Å². The zero-order chi connectivity index (χ0) is 77.0. The number of hydrogen-bond acceptors (Lipinski definition) is 14. The zero-order valence-corrected chi connectivity index (χ0v) is 64.2. The van der Waals surface area contributed by atoms with E-state index in [-0.39, 0.29) is 75.1 Å². The number of aromatic nitrogens is 5. The van der Waals surface area contributed by atoms with Gasteiger partial charge in [0.1, 0.15) is 36.6 Å². The number of Topliss-reactive ketones (excluding diaryl/α,β-unsaturated/α-hetero) is 1. The van der Waals surface area contributed by atoms with E-state index in [2.05, 4.69) is 90.9 Å². The number of carbonyl (C=O) groups is 7. The van der Waals surface area contributed by atoms with E-state index >= 15 is 0 Å². The number of hydrogen-bond donors (Lipinski definition) is 11. The lowest BCUT2D eigenvalue weighted by atomic mass is 9.91. The number of methoxy groups -OCH3 is 2. The van der Waals surface area contributed by atoms with Gasteiger partial charge in [-0.05, 0) is 124 Å². The number of ether oxygens (including phenoxy) is 4. The summed E-state index contributed by atoms with van der Waals surface area (Å²) in [6.07, 6.45) is 9.18. The number of quaternary nitrogens is 1. The van der Waals surface area contributed by atoms with Crippen LogP contribution in [0.3, 0.4) is 0 Å². The SMILES string of the molecule is CC(=O)[C@@H](Cc1c[nH]c2ccccc12)N[O-].CCN(C(C)C)C(C)C.COC(=O)[C@@H]([NH3+])Cc1c[nH]c2ccccc12.COC(=O)[C@](C)(Cc1c[nH]c2ccccc12)NC(=O)[C@H](Cc1c[nH]c2ccccc12)NC(=O)OCc1ccccc1.Cl.O=C(N[C@@H](Cc1c[nH]c2ccccc12)C(=O)O)OCc1ccccc1.[Cl-]. The third kappa shape index (κ3) is 24.9. The van der Waals surface area contributed by atoms with E-state index in [9.17, 15) is 43.9 Å². The number of benzene rings is 7. The first kappa shape index (κ1) is 86.7. The van der Waals surface area contributed by atoms with Gasteiger partial charge < -0.3 is 93.8 Å². The average molecular weight is 1530 g/mol. The van der Waals surface area contributed by atoms with Crippen LogP contribution in [0.2, 0.25) is 0 Å². The van der Waals surface area contributed by atoms with Crippen molar-refractivity contribution in [3.8, 4) is 0 Å². The second-order valence-corrected chi connectivity index (χ2v) is 26.5. The summed E-state index contributed by atoms with van der Waals surface area (Å²) >= 11 is 0. The van der Waals surface area contributed by atoms with Crippen LogP contribution in [0.25, 0.3) is 54.5 Å². The number of ketones is 1. The molecule has 12 rings (SSSR count). The zero-order valence-electron chi connectivity index (χ0n) is 62.6. The lowest BCUT2D eigenvalue weighted by Crippen LogP contribution is -3.00. The van der Waals surface area contributed by atoms with Crippen LogP contribution in [0.4, 0.5) is 9.59 Å². The molecule has 0 saturated heterocycles. The highest BCUT2D eigenvalue weighted by atomic mass is 35.5. The van der Waals surface area contributed by atoms with E-state index in [1.54, 1.807) is 18.6 Å². The molecule has 0 aliphatic heterocycles. The van der Waals surface area contributed by atoms with Gasteiger partial charge in [-0.25, -0.2) is 24.0 Å². The van der Waals surface area contributed by atoms with Crippen molar-refractivity contribution in [1.82, 2.24) is 51.3 Å². The summed E-state index contributed by atoms with van der Waals surface area (Å²) in [6, 6.07) is 55.6. The Bertz CT molecular complexity index is 4860. The van der Waals surface area contributed by atoms with Crippen molar-refractivity contribution >= 4 is 109 Å². The predicted molar refractivity (Wildman–Crippen MR) is 423 cm³/mol. The smallest absolute Gasteiger partial charge is 0.408 e. The number of carboxylic acid groups (broad SMARTS) is 1. The number of esters is 2. The number of hydroxylamine groups is 1. The van der Waals surface area contributed by atoms with Gasteiger partial charge in [0.15, 0.2) is 6.04 Å². The molecule has 7 aromatic carbocycles. The van der Waals surface area contributed by atoms with Crippen LogP contribution in [0, 0.1) is 5.21 Å². The van der Waals surface area contributed by atoms with E-state index in [0.29, 0.717) is 24.9 Å². The lowest BCUT2D eigenvalue weighted by molar-refractivity contribution is -0.407. The van der Waals surface area contributed by atoms with E-state index in [1.165, 1.54) is 21.1 Å². The van der Waals surface area contributed by atoms with Gasteiger partial charge >= 0.3 is 30.1 Å². The number of amides is 3. The molecule has 12 aromatic rings. The number of alkyl carbamates (subject to hydrolysis) is 2. The molecule has 3 amide bonds. The van der Waals surface area contributed by atoms with Crippen molar-refractivity contribution in [3.63, 3.8) is 0 Å². The minimum atomic E-state index is -1.41. The van der Waals surface area contributed by atoms with Crippen LogP contribution in [0.5, 0.6) is 0 Å². The van der Waals surface area contributed by atoms with Crippen molar-refractivity contribution in [2.45, 2.75) is 136 Å². The fourth-order valence-electron chi connectivity index (χ4n) is 12.6. The molecule has 0 aliphatic rings. The maximum Gasteiger partial charge on any atom is 0.408 e. The number of carboxylic acids is 1. The first-order chi connectivity index (χ1) is 51.5. The molecule has 24 nitrogen and oxygen atoms in total. The van der Waals surface area contributed by atoms with Crippen molar-refractivity contribution in [1.29, 1.82) is 0 Å². The Kier molecular flexibility index (Phi) is 34.1. The summed E-state index contributed by atoms with van der Waals surface area (Å²) in [6.45, 7) is 15.5. The maximum atomic E-state index is 13.8. The van der Waals surface area contributed by atoms with Crippen LogP contribution < -0.4 is 39.6 Å². The van der Waals surface area contributed by atoms with E-state index in [4.69, 9.17) is 14.2 Å². The van der Waals surface area contributed by atoms with Crippen molar-refractivity contribution in [3.05, 3.63) is 257 Å². The number of fused-ring (bicyclic) bond motifs is 5. The number of nitrogens with zero attached hydrogens (tertiary/aromatic N) is 1. The molecule has 109 heavy (non-hydrogen) atoms. The summed E-state index contributed by atoms with van der Waals surface area (Å²) in [5, 5.41) is 33.1. The number of aromatic amines is 5. The first-order valence-electron chi connectivity index (χ1n) is 35.4. The monoisotopic (exact) mass is 1530 g/mol. The number of H-pyrrole nitrogens is 5. The van der Waals surface area contributed by atoms with E-state index in [0.717, 1.165) is 100 Å².